The Morgan fingerprint density at radius 3 is 2.15 bits per heavy atom. The minimum Gasteiger partial charge on any atom is -0.494 e. The number of hydrogen-bond acceptors (Lipinski definition) is 6. The first-order valence-electron chi connectivity index (χ1n) is 10.2. The Morgan fingerprint density at radius 1 is 0.909 bits per heavy atom. The van der Waals surface area contributed by atoms with E-state index in [1.165, 1.54) is 38.5 Å². The topological polar surface area (TPSA) is 103 Å². The average molecular weight is 471 g/mol. The highest BCUT2D eigenvalue weighted by Gasteiger charge is 2.22. The Hall–Kier alpha value is -3.72. The van der Waals surface area contributed by atoms with Crippen molar-refractivity contribution >= 4 is 21.6 Å². The molecule has 0 bridgehead atoms. The molecule has 0 heterocycles. The van der Waals surface area contributed by atoms with Gasteiger partial charge in [-0.2, -0.15) is 0 Å². The molecule has 0 spiro atoms. The van der Waals surface area contributed by atoms with Crippen molar-refractivity contribution in [3.63, 3.8) is 0 Å². The van der Waals surface area contributed by atoms with Crippen LogP contribution in [-0.2, 0) is 16.6 Å². The van der Waals surface area contributed by atoms with Crippen LogP contribution < -0.4 is 24.2 Å². The van der Waals surface area contributed by atoms with Gasteiger partial charge in [0.2, 0.25) is 0 Å². The number of anilines is 1. The Balaban J connectivity index is 1.92. The summed E-state index contributed by atoms with van der Waals surface area (Å²) in [6, 6.07) is 18.2. The molecule has 2 N–H and O–H groups in total. The molecule has 0 aliphatic heterocycles. The van der Waals surface area contributed by atoms with Crippen molar-refractivity contribution in [3.05, 3.63) is 77.9 Å². The van der Waals surface area contributed by atoms with Gasteiger partial charge in [0, 0.05) is 12.6 Å². The van der Waals surface area contributed by atoms with E-state index in [9.17, 15) is 13.2 Å². The van der Waals surface area contributed by atoms with Gasteiger partial charge in [-0.3, -0.25) is 9.52 Å². The smallest absolute Gasteiger partial charge is 0.261 e. The van der Waals surface area contributed by atoms with Crippen molar-refractivity contribution in [2.75, 3.05) is 25.5 Å². The van der Waals surface area contributed by atoms with Gasteiger partial charge in [0.1, 0.15) is 5.75 Å². The largest absolute Gasteiger partial charge is 0.494 e. The minimum absolute atomic E-state index is 0.0244. The summed E-state index contributed by atoms with van der Waals surface area (Å²) in [5, 5.41) is 2.80. The van der Waals surface area contributed by atoms with Gasteiger partial charge in [0.15, 0.2) is 11.5 Å². The molecule has 0 atom stereocenters. The summed E-state index contributed by atoms with van der Waals surface area (Å²) in [6.45, 7) is 2.59. The fraction of sp³-hybridized carbons (Fsp3) is 0.208. The highest BCUT2D eigenvalue weighted by Crippen LogP contribution is 2.34. The van der Waals surface area contributed by atoms with Crippen LogP contribution in [0.5, 0.6) is 17.2 Å². The molecule has 3 rings (SSSR count). The minimum atomic E-state index is -3.99. The van der Waals surface area contributed by atoms with Crippen LogP contribution in [0.1, 0.15) is 22.8 Å². The molecular weight excluding hydrogens is 444 g/mol. The number of sulfonamides is 1. The summed E-state index contributed by atoms with van der Waals surface area (Å²) in [7, 11) is -1.13. The van der Waals surface area contributed by atoms with Gasteiger partial charge in [0.05, 0.1) is 37.0 Å². The molecule has 3 aromatic carbocycles. The van der Waals surface area contributed by atoms with Gasteiger partial charge < -0.3 is 19.5 Å². The summed E-state index contributed by atoms with van der Waals surface area (Å²) in [4.78, 5) is 13.0. The summed E-state index contributed by atoms with van der Waals surface area (Å²) in [6.07, 6.45) is 0. The Kier molecular flexibility index (Phi) is 7.78. The molecule has 0 saturated heterocycles. The lowest BCUT2D eigenvalue weighted by molar-refractivity contribution is 0.0951. The van der Waals surface area contributed by atoms with E-state index in [0.29, 0.717) is 18.1 Å². The first-order valence-corrected chi connectivity index (χ1v) is 11.7. The number of amides is 1. The average Bonchev–Trinajstić information content (AvgIpc) is 2.83. The van der Waals surface area contributed by atoms with E-state index in [-0.39, 0.29) is 28.4 Å². The van der Waals surface area contributed by atoms with Crippen LogP contribution in [-0.4, -0.2) is 35.2 Å². The SMILES string of the molecule is CCOc1ccc(S(=O)(=O)Nc2cc(OC)c(OC)cc2C(=O)NCc2ccccc2)cc1. The molecule has 0 fully saturated rings. The number of carbonyl (C=O) groups excluding carboxylic acids is 1. The Labute approximate surface area is 193 Å². The lowest BCUT2D eigenvalue weighted by Crippen LogP contribution is -2.25. The van der Waals surface area contributed by atoms with Crippen LogP contribution >= 0.6 is 0 Å². The molecule has 0 aliphatic rings. The van der Waals surface area contributed by atoms with E-state index < -0.39 is 15.9 Å². The third-order valence-electron chi connectivity index (χ3n) is 4.75. The van der Waals surface area contributed by atoms with Crippen LogP contribution in [0.2, 0.25) is 0 Å². The van der Waals surface area contributed by atoms with Crippen LogP contribution in [0.4, 0.5) is 5.69 Å². The fourth-order valence-electron chi connectivity index (χ4n) is 3.11. The molecular formula is C24H26N2O6S. The number of ether oxygens (including phenoxy) is 3. The molecule has 33 heavy (non-hydrogen) atoms. The summed E-state index contributed by atoms with van der Waals surface area (Å²) < 4.78 is 44.5. The number of hydrogen-bond donors (Lipinski definition) is 2. The zero-order chi connectivity index (χ0) is 23.8. The van der Waals surface area contributed by atoms with Crippen LogP contribution in [0.15, 0.2) is 71.6 Å². The van der Waals surface area contributed by atoms with Crippen molar-refractivity contribution in [1.29, 1.82) is 0 Å². The van der Waals surface area contributed by atoms with Crippen molar-refractivity contribution in [2.45, 2.75) is 18.4 Å². The molecule has 0 radical (unpaired) electrons. The van der Waals surface area contributed by atoms with Gasteiger partial charge in [-0.15, -0.1) is 0 Å². The van der Waals surface area contributed by atoms with Crippen molar-refractivity contribution in [2.24, 2.45) is 0 Å². The Morgan fingerprint density at radius 2 is 1.55 bits per heavy atom. The standard InChI is InChI=1S/C24H26N2O6S/c1-4-32-18-10-12-19(13-11-18)33(28,29)26-21-15-23(31-3)22(30-2)14-20(21)24(27)25-16-17-8-6-5-7-9-17/h5-15,26H,4,16H2,1-3H3,(H,25,27). The second-order valence-corrected chi connectivity index (χ2v) is 8.61. The van der Waals surface area contributed by atoms with Crippen molar-refractivity contribution < 1.29 is 27.4 Å². The summed E-state index contributed by atoms with van der Waals surface area (Å²) in [5.41, 5.74) is 1.06. The number of rotatable bonds is 10. The molecule has 8 nitrogen and oxygen atoms in total. The first-order chi connectivity index (χ1) is 15.9. The maximum atomic E-state index is 13.0. The monoisotopic (exact) mass is 470 g/mol. The van der Waals surface area contributed by atoms with E-state index in [1.807, 2.05) is 37.3 Å². The maximum Gasteiger partial charge on any atom is 0.261 e. The van der Waals surface area contributed by atoms with E-state index in [0.717, 1.165) is 5.56 Å². The molecule has 0 saturated carbocycles. The molecule has 3 aromatic rings. The second kappa shape index (κ2) is 10.7. The van der Waals surface area contributed by atoms with Gasteiger partial charge in [-0.1, -0.05) is 30.3 Å². The van der Waals surface area contributed by atoms with Crippen molar-refractivity contribution in [1.82, 2.24) is 5.32 Å². The summed E-state index contributed by atoms with van der Waals surface area (Å²) in [5.74, 6) is 0.667. The number of carbonyl (C=O) groups is 1. The van der Waals surface area contributed by atoms with Crippen molar-refractivity contribution in [3.8, 4) is 17.2 Å². The lowest BCUT2D eigenvalue weighted by atomic mass is 10.1. The number of methoxy groups -OCH3 is 2. The van der Waals surface area contributed by atoms with Crippen LogP contribution in [0, 0.1) is 0 Å². The molecule has 9 heteroatoms. The quantitative estimate of drug-likeness (QED) is 0.467. The van der Waals surface area contributed by atoms with E-state index in [1.54, 1.807) is 12.1 Å². The highest BCUT2D eigenvalue weighted by molar-refractivity contribution is 7.92. The maximum absolute atomic E-state index is 13.0. The third kappa shape index (κ3) is 5.95. The van der Waals surface area contributed by atoms with Gasteiger partial charge >= 0.3 is 0 Å². The zero-order valence-electron chi connectivity index (χ0n) is 18.6. The molecule has 174 valence electrons. The summed E-state index contributed by atoms with van der Waals surface area (Å²) >= 11 is 0. The lowest BCUT2D eigenvalue weighted by Gasteiger charge is -2.17. The van der Waals surface area contributed by atoms with E-state index >= 15 is 0 Å². The molecule has 1 amide bonds. The fourth-order valence-corrected chi connectivity index (χ4v) is 4.18. The van der Waals surface area contributed by atoms with Gasteiger partial charge in [-0.25, -0.2) is 8.42 Å². The normalized spacial score (nSPS) is 10.9. The predicted molar refractivity (Wildman–Crippen MR) is 126 cm³/mol. The molecule has 0 aromatic heterocycles. The van der Waals surface area contributed by atoms with Crippen LogP contribution in [0.3, 0.4) is 0 Å². The van der Waals surface area contributed by atoms with Crippen LogP contribution in [0.25, 0.3) is 0 Å². The van der Waals surface area contributed by atoms with E-state index in [2.05, 4.69) is 10.0 Å². The molecule has 0 unspecified atom stereocenters. The Bertz CT molecular complexity index is 1200. The third-order valence-corrected chi connectivity index (χ3v) is 6.14. The number of benzene rings is 3. The predicted octanol–water partition coefficient (Wildman–Crippen LogP) is 3.83. The first kappa shape index (κ1) is 23.9. The number of nitrogens with one attached hydrogen (secondary N) is 2. The van der Waals surface area contributed by atoms with E-state index in [4.69, 9.17) is 14.2 Å². The second-order valence-electron chi connectivity index (χ2n) is 6.93. The molecule has 0 aliphatic carbocycles. The highest BCUT2D eigenvalue weighted by atomic mass is 32.2. The van der Waals surface area contributed by atoms with Gasteiger partial charge in [-0.05, 0) is 42.8 Å². The zero-order valence-corrected chi connectivity index (χ0v) is 19.4. The van der Waals surface area contributed by atoms with Gasteiger partial charge in [0.25, 0.3) is 15.9 Å².